The second kappa shape index (κ2) is 3.72. The van der Waals surface area contributed by atoms with Crippen LogP contribution in [0.2, 0.25) is 5.02 Å². The Morgan fingerprint density at radius 2 is 2.38 bits per heavy atom. The molecular weight excluding hydrogens is 202 g/mol. The molecule has 0 saturated heterocycles. The number of fused-ring (bicyclic) bond motifs is 1. The summed E-state index contributed by atoms with van der Waals surface area (Å²) in [5.74, 6) is 0. The first-order valence-electron chi connectivity index (χ1n) is 4.31. The highest BCUT2D eigenvalue weighted by molar-refractivity contribution is 7.98. The summed E-state index contributed by atoms with van der Waals surface area (Å²) in [6.07, 6.45) is 1.98. The van der Waals surface area contributed by atoms with Crippen LogP contribution in [0.15, 0.2) is 27.5 Å². The minimum absolute atomic E-state index is 0.816. The lowest BCUT2D eigenvalue weighted by atomic mass is 10.1. The lowest BCUT2D eigenvalue weighted by Gasteiger charge is -2.13. The Bertz CT molecular complexity index is 360. The fourth-order valence-electron chi connectivity index (χ4n) is 1.33. The molecule has 0 aliphatic carbocycles. The third kappa shape index (κ3) is 1.89. The van der Waals surface area contributed by atoms with Gasteiger partial charge in [-0.3, -0.25) is 0 Å². The molecular formula is C10H10ClNS. The molecule has 0 amide bonds. The minimum atomic E-state index is 0.816. The summed E-state index contributed by atoms with van der Waals surface area (Å²) in [6, 6.07) is 5.99. The van der Waals surface area contributed by atoms with Crippen molar-refractivity contribution in [1.29, 1.82) is 0 Å². The topological polar surface area (TPSA) is 12.4 Å². The van der Waals surface area contributed by atoms with Gasteiger partial charge in [0.15, 0.2) is 0 Å². The molecule has 1 aromatic carbocycles. The van der Waals surface area contributed by atoms with Crippen molar-refractivity contribution >= 4 is 29.3 Å². The number of benzene rings is 1. The van der Waals surface area contributed by atoms with E-state index in [2.05, 4.69) is 11.3 Å². The highest BCUT2D eigenvalue weighted by Crippen LogP contribution is 2.31. The van der Waals surface area contributed by atoms with E-state index in [4.69, 9.17) is 11.6 Å². The third-order valence-electron chi connectivity index (χ3n) is 2.10. The molecule has 0 atom stereocenters. The lowest BCUT2D eigenvalue weighted by molar-refractivity contribution is 1.13. The fourth-order valence-corrected chi connectivity index (χ4v) is 2.32. The maximum atomic E-state index is 5.92. The van der Waals surface area contributed by atoms with E-state index in [0.717, 1.165) is 17.9 Å². The number of rotatable bonds is 1. The molecule has 0 saturated carbocycles. The molecule has 2 rings (SSSR count). The first-order chi connectivity index (χ1) is 6.29. The van der Waals surface area contributed by atoms with Crippen LogP contribution in [0.25, 0.3) is 0 Å². The summed E-state index contributed by atoms with van der Waals surface area (Å²) >= 11 is 7.48. The summed E-state index contributed by atoms with van der Waals surface area (Å²) in [7, 11) is 0. The molecule has 1 aromatic rings. The summed E-state index contributed by atoms with van der Waals surface area (Å²) in [4.78, 5) is 1.24. The Balaban J connectivity index is 2.34. The van der Waals surface area contributed by atoms with Gasteiger partial charge >= 0.3 is 0 Å². The summed E-state index contributed by atoms with van der Waals surface area (Å²) in [6.45, 7) is 2.13. The van der Waals surface area contributed by atoms with E-state index in [1.165, 1.54) is 16.2 Å². The molecule has 0 N–H and O–H groups in total. The van der Waals surface area contributed by atoms with E-state index in [9.17, 15) is 0 Å². The number of halogens is 1. The van der Waals surface area contributed by atoms with Gasteiger partial charge in [-0.25, -0.2) is 4.40 Å². The zero-order chi connectivity index (χ0) is 9.26. The predicted octanol–water partition coefficient (Wildman–Crippen LogP) is 3.75. The Morgan fingerprint density at radius 1 is 1.54 bits per heavy atom. The lowest BCUT2D eigenvalue weighted by Crippen LogP contribution is -2.05. The largest absolute Gasteiger partial charge is 0.220 e. The molecule has 1 aliphatic rings. The summed E-state index contributed by atoms with van der Waals surface area (Å²) < 4.78 is 4.41. The van der Waals surface area contributed by atoms with Gasteiger partial charge in [0.2, 0.25) is 0 Å². The van der Waals surface area contributed by atoms with Crippen molar-refractivity contribution in [1.82, 2.24) is 0 Å². The molecule has 13 heavy (non-hydrogen) atoms. The van der Waals surface area contributed by atoms with Gasteiger partial charge in [-0.05, 0) is 30.2 Å². The molecule has 0 unspecified atom stereocenters. The van der Waals surface area contributed by atoms with Crippen LogP contribution in [-0.2, 0) is 6.42 Å². The van der Waals surface area contributed by atoms with Crippen LogP contribution in [0.3, 0.4) is 0 Å². The minimum Gasteiger partial charge on any atom is -0.220 e. The highest BCUT2D eigenvalue weighted by atomic mass is 35.5. The van der Waals surface area contributed by atoms with Crippen molar-refractivity contribution in [2.75, 3.05) is 0 Å². The molecule has 1 heterocycles. The Hall–Kier alpha value is -0.470. The van der Waals surface area contributed by atoms with Crippen molar-refractivity contribution in [2.45, 2.75) is 24.7 Å². The van der Waals surface area contributed by atoms with Crippen LogP contribution < -0.4 is 0 Å². The summed E-state index contributed by atoms with van der Waals surface area (Å²) in [5, 5.41) is 0.816. The number of hydrogen-bond donors (Lipinski definition) is 0. The Kier molecular flexibility index (Phi) is 2.61. The number of hydrogen-bond acceptors (Lipinski definition) is 2. The molecule has 0 fully saturated rings. The van der Waals surface area contributed by atoms with Gasteiger partial charge in [-0.1, -0.05) is 18.5 Å². The zero-order valence-corrected chi connectivity index (χ0v) is 8.95. The third-order valence-corrected chi connectivity index (χ3v) is 3.28. The smallest absolute Gasteiger partial charge is 0.0409 e. The van der Waals surface area contributed by atoms with E-state index in [1.54, 1.807) is 11.9 Å². The normalized spacial score (nSPS) is 15.1. The molecule has 1 nitrogen and oxygen atoms in total. The van der Waals surface area contributed by atoms with Crippen LogP contribution in [0.4, 0.5) is 0 Å². The molecule has 68 valence electrons. The van der Waals surface area contributed by atoms with Crippen LogP contribution in [0.1, 0.15) is 18.9 Å². The van der Waals surface area contributed by atoms with E-state index in [-0.39, 0.29) is 0 Å². The van der Waals surface area contributed by atoms with Crippen molar-refractivity contribution in [3.8, 4) is 0 Å². The van der Waals surface area contributed by atoms with Crippen LogP contribution >= 0.6 is 23.5 Å². The van der Waals surface area contributed by atoms with E-state index >= 15 is 0 Å². The number of nitrogens with zero attached hydrogens (tertiary/aromatic N) is 1. The van der Waals surface area contributed by atoms with Gasteiger partial charge in [0.25, 0.3) is 0 Å². The van der Waals surface area contributed by atoms with Crippen molar-refractivity contribution < 1.29 is 0 Å². The second-order valence-electron chi connectivity index (χ2n) is 3.03. The average Bonchev–Trinajstić information content (AvgIpc) is 2.16. The standard InChI is InChI=1S/C10H10ClNS/c1-2-9-6-7-5-8(11)3-4-10(7)13-12-9/h3-5H,2,6H2,1H3. The van der Waals surface area contributed by atoms with E-state index < -0.39 is 0 Å². The first kappa shape index (κ1) is 9.10. The van der Waals surface area contributed by atoms with Gasteiger partial charge in [-0.2, -0.15) is 0 Å². The van der Waals surface area contributed by atoms with Gasteiger partial charge < -0.3 is 0 Å². The molecule has 0 bridgehead atoms. The maximum absolute atomic E-state index is 5.92. The fraction of sp³-hybridized carbons (Fsp3) is 0.300. The Labute approximate surface area is 87.3 Å². The van der Waals surface area contributed by atoms with Crippen LogP contribution in [0.5, 0.6) is 0 Å². The van der Waals surface area contributed by atoms with Crippen LogP contribution in [-0.4, -0.2) is 5.71 Å². The SMILES string of the molecule is CCC1=NSc2ccc(Cl)cc2C1. The highest BCUT2D eigenvalue weighted by Gasteiger charge is 2.11. The molecule has 0 aromatic heterocycles. The zero-order valence-electron chi connectivity index (χ0n) is 7.38. The monoisotopic (exact) mass is 211 g/mol. The first-order valence-corrected chi connectivity index (χ1v) is 5.46. The van der Waals surface area contributed by atoms with Crippen molar-refractivity contribution in [2.24, 2.45) is 4.40 Å². The molecule has 0 spiro atoms. The Morgan fingerprint density at radius 3 is 3.15 bits per heavy atom. The van der Waals surface area contributed by atoms with Gasteiger partial charge in [0.05, 0.1) is 0 Å². The van der Waals surface area contributed by atoms with E-state index in [1.807, 2.05) is 18.2 Å². The molecule has 0 radical (unpaired) electrons. The van der Waals surface area contributed by atoms with Gasteiger partial charge in [0, 0.05) is 34.0 Å². The van der Waals surface area contributed by atoms with Crippen molar-refractivity contribution in [3.05, 3.63) is 28.8 Å². The quantitative estimate of drug-likeness (QED) is 0.645. The summed E-state index contributed by atoms with van der Waals surface area (Å²) in [5.41, 5.74) is 2.56. The maximum Gasteiger partial charge on any atom is 0.0409 e. The van der Waals surface area contributed by atoms with E-state index in [0.29, 0.717) is 0 Å². The molecule has 1 aliphatic heterocycles. The van der Waals surface area contributed by atoms with Crippen molar-refractivity contribution in [3.63, 3.8) is 0 Å². The van der Waals surface area contributed by atoms with Gasteiger partial charge in [-0.15, -0.1) is 0 Å². The van der Waals surface area contributed by atoms with Gasteiger partial charge in [0.1, 0.15) is 0 Å². The second-order valence-corrected chi connectivity index (χ2v) is 4.27. The van der Waals surface area contributed by atoms with Crippen LogP contribution in [0, 0.1) is 0 Å². The molecule has 3 heteroatoms. The predicted molar refractivity (Wildman–Crippen MR) is 58.7 cm³/mol. The average molecular weight is 212 g/mol.